The fourth-order valence-electron chi connectivity index (χ4n) is 2.92. The van der Waals surface area contributed by atoms with Crippen LogP contribution in [-0.4, -0.2) is 41.7 Å². The molecular weight excluding hydrogens is 300 g/mol. The summed E-state index contributed by atoms with van der Waals surface area (Å²) in [6.45, 7) is 6.36. The molecule has 0 radical (unpaired) electrons. The van der Waals surface area contributed by atoms with Gasteiger partial charge in [-0.2, -0.15) is 0 Å². The highest BCUT2D eigenvalue weighted by Crippen LogP contribution is 2.29. The van der Waals surface area contributed by atoms with Crippen LogP contribution in [0.15, 0.2) is 24.3 Å². The third-order valence-electron chi connectivity index (χ3n) is 4.50. The van der Waals surface area contributed by atoms with Crippen LogP contribution in [0.2, 0.25) is 5.02 Å². The van der Waals surface area contributed by atoms with E-state index in [0.717, 1.165) is 31.5 Å². The van der Waals surface area contributed by atoms with Crippen molar-refractivity contribution in [1.29, 1.82) is 0 Å². The Bertz CT molecular complexity index is 506. The van der Waals surface area contributed by atoms with Crippen LogP contribution in [0.3, 0.4) is 0 Å². The van der Waals surface area contributed by atoms with Gasteiger partial charge in [-0.3, -0.25) is 9.69 Å². The monoisotopic (exact) mass is 324 g/mol. The Morgan fingerprint density at radius 1 is 1.45 bits per heavy atom. The molecule has 0 aromatic heterocycles. The van der Waals surface area contributed by atoms with Crippen molar-refractivity contribution in [1.82, 2.24) is 10.2 Å². The van der Waals surface area contributed by atoms with Gasteiger partial charge in [-0.1, -0.05) is 30.7 Å². The average molecular weight is 325 g/mol. The van der Waals surface area contributed by atoms with E-state index in [9.17, 15) is 9.90 Å². The highest BCUT2D eigenvalue weighted by Gasteiger charge is 2.34. The Morgan fingerprint density at radius 3 is 2.77 bits per heavy atom. The summed E-state index contributed by atoms with van der Waals surface area (Å²) in [6, 6.07) is 7.29. The van der Waals surface area contributed by atoms with E-state index in [0.29, 0.717) is 11.6 Å². The summed E-state index contributed by atoms with van der Waals surface area (Å²) >= 11 is 5.85. The first-order chi connectivity index (χ1) is 10.4. The summed E-state index contributed by atoms with van der Waals surface area (Å²) in [5, 5.41) is 13.2. The van der Waals surface area contributed by atoms with Gasteiger partial charge in [0.25, 0.3) is 0 Å². The lowest BCUT2D eigenvalue weighted by Crippen LogP contribution is -2.52. The second-order valence-corrected chi connectivity index (χ2v) is 7.00. The summed E-state index contributed by atoms with van der Waals surface area (Å²) in [5.41, 5.74) is 0.937. The molecular formula is C17H25ClN2O2. The van der Waals surface area contributed by atoms with E-state index < -0.39 is 0 Å². The van der Waals surface area contributed by atoms with Crippen LogP contribution >= 0.6 is 11.6 Å². The lowest BCUT2D eigenvalue weighted by Gasteiger charge is -2.41. The molecule has 2 rings (SSSR count). The fraction of sp³-hybridized carbons (Fsp3) is 0.588. The molecule has 2 unspecified atom stereocenters. The molecule has 4 nitrogen and oxygen atoms in total. The first-order valence-corrected chi connectivity index (χ1v) is 8.18. The van der Waals surface area contributed by atoms with Crippen LogP contribution in [0.4, 0.5) is 0 Å². The minimum Gasteiger partial charge on any atom is -0.396 e. The van der Waals surface area contributed by atoms with Crippen LogP contribution in [0, 0.1) is 5.41 Å². The summed E-state index contributed by atoms with van der Waals surface area (Å²) in [7, 11) is 0. The van der Waals surface area contributed by atoms with Gasteiger partial charge in [-0.05, 0) is 44.0 Å². The van der Waals surface area contributed by atoms with Crippen LogP contribution in [-0.2, 0) is 11.3 Å². The molecule has 122 valence electrons. The number of likely N-dealkylation sites (tertiary alicyclic amines) is 1. The van der Waals surface area contributed by atoms with Crippen LogP contribution in [0.1, 0.15) is 32.3 Å². The van der Waals surface area contributed by atoms with Gasteiger partial charge >= 0.3 is 0 Å². The minimum absolute atomic E-state index is 0.0251. The lowest BCUT2D eigenvalue weighted by atomic mass is 9.82. The highest BCUT2D eigenvalue weighted by molar-refractivity contribution is 6.30. The third-order valence-corrected chi connectivity index (χ3v) is 4.75. The van der Waals surface area contributed by atoms with Gasteiger partial charge in [0.15, 0.2) is 0 Å². The zero-order chi connectivity index (χ0) is 16.2. The molecule has 1 fully saturated rings. The van der Waals surface area contributed by atoms with Crippen LogP contribution in [0.5, 0.6) is 0 Å². The third kappa shape index (κ3) is 4.45. The molecule has 1 aliphatic rings. The molecule has 1 saturated heterocycles. The topological polar surface area (TPSA) is 52.6 Å². The van der Waals surface area contributed by atoms with E-state index in [1.165, 1.54) is 0 Å². The Morgan fingerprint density at radius 2 is 2.14 bits per heavy atom. The maximum atomic E-state index is 12.3. The predicted octanol–water partition coefficient (Wildman–Crippen LogP) is 2.44. The first kappa shape index (κ1) is 17.3. The number of nitrogens with one attached hydrogen (secondary N) is 1. The molecule has 5 heteroatoms. The predicted molar refractivity (Wildman–Crippen MR) is 88.8 cm³/mol. The Balaban J connectivity index is 1.87. The molecule has 0 aliphatic carbocycles. The summed E-state index contributed by atoms with van der Waals surface area (Å²) in [4.78, 5) is 14.5. The van der Waals surface area contributed by atoms with E-state index in [4.69, 9.17) is 11.6 Å². The zero-order valence-electron chi connectivity index (χ0n) is 13.3. The number of nitrogens with zero attached hydrogens (tertiary/aromatic N) is 1. The quantitative estimate of drug-likeness (QED) is 0.874. The summed E-state index contributed by atoms with van der Waals surface area (Å²) in [5.74, 6) is 0.0251. The van der Waals surface area contributed by atoms with E-state index >= 15 is 0 Å². The largest absolute Gasteiger partial charge is 0.396 e. The van der Waals surface area contributed by atoms with Crippen molar-refractivity contribution in [2.75, 3.05) is 19.7 Å². The second-order valence-electron chi connectivity index (χ2n) is 6.56. The zero-order valence-corrected chi connectivity index (χ0v) is 14.1. The Labute approximate surface area is 137 Å². The van der Waals surface area contributed by atoms with E-state index in [1.807, 2.05) is 31.2 Å². The van der Waals surface area contributed by atoms with Crippen molar-refractivity contribution in [3.63, 3.8) is 0 Å². The molecule has 22 heavy (non-hydrogen) atoms. The number of carbonyl (C=O) groups excluding carboxylic acids is 1. The van der Waals surface area contributed by atoms with E-state index in [1.54, 1.807) is 0 Å². The minimum atomic E-state index is -0.182. The van der Waals surface area contributed by atoms with Crippen LogP contribution in [0.25, 0.3) is 0 Å². The van der Waals surface area contributed by atoms with Crippen LogP contribution < -0.4 is 5.32 Å². The highest BCUT2D eigenvalue weighted by atomic mass is 35.5. The number of benzene rings is 1. The van der Waals surface area contributed by atoms with Gasteiger partial charge in [0.05, 0.1) is 6.04 Å². The molecule has 1 amide bonds. The normalized spacial score (nSPS) is 24.0. The number of carbonyl (C=O) groups is 1. The Hall–Kier alpha value is -1.10. The SMILES string of the molecule is CC(C(=O)NCc1ccc(Cl)cc1)N1CCCC(C)(CO)C1. The number of rotatable bonds is 5. The molecule has 0 saturated carbocycles. The molecule has 2 N–H and O–H groups in total. The molecule has 2 atom stereocenters. The maximum Gasteiger partial charge on any atom is 0.237 e. The molecule has 1 aromatic carbocycles. The van der Waals surface area contributed by atoms with Crippen molar-refractivity contribution in [3.05, 3.63) is 34.9 Å². The second kappa shape index (κ2) is 7.44. The van der Waals surface area contributed by atoms with Crippen molar-refractivity contribution < 1.29 is 9.90 Å². The van der Waals surface area contributed by atoms with Crippen molar-refractivity contribution >= 4 is 17.5 Å². The number of piperidine rings is 1. The molecule has 0 spiro atoms. The van der Waals surface area contributed by atoms with Gasteiger partial charge in [0.2, 0.25) is 5.91 Å². The number of hydrogen-bond donors (Lipinski definition) is 2. The number of aliphatic hydroxyl groups excluding tert-OH is 1. The summed E-state index contributed by atoms with van der Waals surface area (Å²) in [6.07, 6.45) is 2.03. The molecule has 0 bridgehead atoms. The van der Waals surface area contributed by atoms with Gasteiger partial charge in [-0.15, -0.1) is 0 Å². The standard InChI is InChI=1S/C17H25ClN2O2/c1-13(20-9-3-8-17(2,11-20)12-21)16(22)19-10-14-4-6-15(18)7-5-14/h4-7,13,21H,3,8-12H2,1-2H3,(H,19,22). The number of amides is 1. The maximum absolute atomic E-state index is 12.3. The number of aliphatic hydroxyl groups is 1. The number of hydrogen-bond acceptors (Lipinski definition) is 3. The Kier molecular flexibility index (Phi) is 5.84. The first-order valence-electron chi connectivity index (χ1n) is 7.81. The molecule has 1 aliphatic heterocycles. The summed E-state index contributed by atoms with van der Waals surface area (Å²) < 4.78 is 0. The fourth-order valence-corrected chi connectivity index (χ4v) is 3.05. The van der Waals surface area contributed by atoms with Crippen molar-refractivity contribution in [2.45, 2.75) is 39.3 Å². The lowest BCUT2D eigenvalue weighted by molar-refractivity contribution is -0.127. The van der Waals surface area contributed by atoms with Gasteiger partial charge < -0.3 is 10.4 Å². The van der Waals surface area contributed by atoms with Crippen molar-refractivity contribution in [3.8, 4) is 0 Å². The van der Waals surface area contributed by atoms with Gasteiger partial charge in [-0.25, -0.2) is 0 Å². The average Bonchev–Trinajstić information content (AvgIpc) is 2.53. The smallest absolute Gasteiger partial charge is 0.237 e. The van der Waals surface area contributed by atoms with E-state index in [-0.39, 0.29) is 24.0 Å². The van der Waals surface area contributed by atoms with E-state index in [2.05, 4.69) is 17.1 Å². The molecule has 1 heterocycles. The van der Waals surface area contributed by atoms with Gasteiger partial charge in [0.1, 0.15) is 0 Å². The van der Waals surface area contributed by atoms with Gasteiger partial charge in [0, 0.05) is 30.1 Å². The number of halogens is 1. The molecule has 1 aromatic rings. The van der Waals surface area contributed by atoms with Crippen molar-refractivity contribution in [2.24, 2.45) is 5.41 Å².